The Kier molecular flexibility index (Phi) is 2.97. The lowest BCUT2D eigenvalue weighted by Crippen LogP contribution is -2.08. The fourth-order valence-electron chi connectivity index (χ4n) is 1.75. The van der Waals surface area contributed by atoms with Gasteiger partial charge >= 0.3 is 0 Å². The predicted molar refractivity (Wildman–Crippen MR) is 60.5 cm³/mol. The number of halogens is 2. The minimum Gasteiger partial charge on any atom is -0.347 e. The minimum atomic E-state index is -0.881. The van der Waals surface area contributed by atoms with E-state index in [-0.39, 0.29) is 6.04 Å². The van der Waals surface area contributed by atoms with Crippen LogP contribution >= 0.6 is 0 Å². The standard InChI is InChI=1S/C11H10F2N4/c1-7(15-16-14)6-17-3-2-8-4-9(12)10(13)5-11(8)17/h2-5,7H,6H2,1H3/t7-/m1/s1. The van der Waals surface area contributed by atoms with Gasteiger partial charge < -0.3 is 4.57 Å². The van der Waals surface area contributed by atoms with Crippen molar-refractivity contribution < 1.29 is 8.78 Å². The van der Waals surface area contributed by atoms with E-state index in [2.05, 4.69) is 10.0 Å². The number of hydrogen-bond acceptors (Lipinski definition) is 1. The zero-order valence-corrected chi connectivity index (χ0v) is 9.14. The van der Waals surface area contributed by atoms with E-state index in [0.29, 0.717) is 17.4 Å². The summed E-state index contributed by atoms with van der Waals surface area (Å²) in [6.45, 7) is 2.18. The first-order chi connectivity index (χ1) is 8.11. The first kappa shape index (κ1) is 11.4. The first-order valence-electron chi connectivity index (χ1n) is 5.10. The van der Waals surface area contributed by atoms with E-state index in [4.69, 9.17) is 5.53 Å². The number of rotatable bonds is 3. The van der Waals surface area contributed by atoms with E-state index < -0.39 is 11.6 Å². The van der Waals surface area contributed by atoms with Gasteiger partial charge in [0.25, 0.3) is 0 Å². The van der Waals surface area contributed by atoms with Crippen LogP contribution in [-0.4, -0.2) is 10.6 Å². The Labute approximate surface area is 96.1 Å². The molecule has 1 heterocycles. The molecule has 6 heteroatoms. The maximum absolute atomic E-state index is 13.1. The van der Waals surface area contributed by atoms with Crippen molar-refractivity contribution in [3.63, 3.8) is 0 Å². The summed E-state index contributed by atoms with van der Waals surface area (Å²) in [6, 6.07) is 3.75. The Morgan fingerprint density at radius 1 is 1.41 bits per heavy atom. The molecule has 17 heavy (non-hydrogen) atoms. The summed E-state index contributed by atoms with van der Waals surface area (Å²) in [5, 5.41) is 4.16. The lowest BCUT2D eigenvalue weighted by atomic mass is 10.2. The second kappa shape index (κ2) is 4.43. The molecule has 2 aromatic rings. The third-order valence-electron chi connectivity index (χ3n) is 2.52. The van der Waals surface area contributed by atoms with Crippen molar-refractivity contribution in [1.82, 2.24) is 4.57 Å². The summed E-state index contributed by atoms with van der Waals surface area (Å²) in [4.78, 5) is 2.71. The minimum absolute atomic E-state index is 0.247. The van der Waals surface area contributed by atoms with Gasteiger partial charge in [-0.05, 0) is 17.7 Å². The molecular weight excluding hydrogens is 226 g/mol. The number of fused-ring (bicyclic) bond motifs is 1. The zero-order chi connectivity index (χ0) is 12.4. The van der Waals surface area contributed by atoms with Gasteiger partial charge in [0.15, 0.2) is 11.6 Å². The lowest BCUT2D eigenvalue weighted by molar-refractivity contribution is 0.510. The molecular formula is C11H10F2N4. The smallest absolute Gasteiger partial charge is 0.160 e. The van der Waals surface area contributed by atoms with Gasteiger partial charge in [-0.15, -0.1) is 0 Å². The van der Waals surface area contributed by atoms with Crippen molar-refractivity contribution in [1.29, 1.82) is 0 Å². The lowest BCUT2D eigenvalue weighted by Gasteiger charge is -2.08. The molecule has 88 valence electrons. The molecule has 0 unspecified atom stereocenters. The quantitative estimate of drug-likeness (QED) is 0.444. The monoisotopic (exact) mass is 236 g/mol. The van der Waals surface area contributed by atoms with Gasteiger partial charge in [0.2, 0.25) is 0 Å². The number of aromatic nitrogens is 1. The molecule has 0 N–H and O–H groups in total. The fourth-order valence-corrected chi connectivity index (χ4v) is 1.75. The van der Waals surface area contributed by atoms with Crippen LogP contribution in [0.2, 0.25) is 0 Å². The summed E-state index contributed by atoms with van der Waals surface area (Å²) >= 11 is 0. The van der Waals surface area contributed by atoms with E-state index in [1.54, 1.807) is 23.8 Å². The third-order valence-corrected chi connectivity index (χ3v) is 2.52. The molecule has 0 radical (unpaired) electrons. The van der Waals surface area contributed by atoms with Gasteiger partial charge in [-0.1, -0.05) is 12.0 Å². The van der Waals surface area contributed by atoms with Gasteiger partial charge in [0.05, 0.1) is 11.6 Å². The summed E-state index contributed by atoms with van der Waals surface area (Å²) in [7, 11) is 0. The van der Waals surface area contributed by atoms with Crippen molar-refractivity contribution in [2.24, 2.45) is 5.11 Å². The average Bonchev–Trinajstić information content (AvgIpc) is 2.63. The van der Waals surface area contributed by atoms with Crippen LogP contribution in [-0.2, 0) is 6.54 Å². The van der Waals surface area contributed by atoms with Gasteiger partial charge in [0, 0.05) is 29.1 Å². The van der Waals surface area contributed by atoms with Crippen LogP contribution in [0.1, 0.15) is 6.92 Å². The molecule has 0 bridgehead atoms. The Morgan fingerprint density at radius 2 is 2.12 bits per heavy atom. The van der Waals surface area contributed by atoms with Gasteiger partial charge in [0.1, 0.15) is 0 Å². The zero-order valence-electron chi connectivity index (χ0n) is 9.14. The van der Waals surface area contributed by atoms with E-state index in [1.165, 1.54) is 0 Å². The van der Waals surface area contributed by atoms with Crippen molar-refractivity contribution in [3.05, 3.63) is 46.5 Å². The molecule has 0 fully saturated rings. The SMILES string of the molecule is C[C@H](Cn1ccc2cc(F)c(F)cc21)N=[N+]=[N-]. The van der Waals surface area contributed by atoms with Crippen molar-refractivity contribution >= 4 is 10.9 Å². The maximum Gasteiger partial charge on any atom is 0.160 e. The Hall–Kier alpha value is -2.07. The van der Waals surface area contributed by atoms with Crippen LogP contribution in [0.15, 0.2) is 29.5 Å². The molecule has 0 spiro atoms. The summed E-state index contributed by atoms with van der Waals surface area (Å²) in [5.74, 6) is -1.74. The van der Waals surface area contributed by atoms with Crippen molar-refractivity contribution in [3.8, 4) is 0 Å². The molecule has 0 saturated carbocycles. The molecule has 0 aliphatic rings. The predicted octanol–water partition coefficient (Wildman–Crippen LogP) is 3.62. The Balaban J connectivity index is 2.42. The maximum atomic E-state index is 13.1. The Bertz CT molecular complexity index is 599. The molecule has 0 amide bonds. The highest BCUT2D eigenvalue weighted by Crippen LogP contribution is 2.20. The van der Waals surface area contributed by atoms with E-state index in [1.807, 2.05) is 0 Å². The van der Waals surface area contributed by atoms with Crippen LogP contribution in [0.5, 0.6) is 0 Å². The normalized spacial score (nSPS) is 12.4. The van der Waals surface area contributed by atoms with Crippen LogP contribution in [0.3, 0.4) is 0 Å². The molecule has 1 aromatic heterocycles. The molecule has 2 rings (SSSR count). The summed E-state index contributed by atoms with van der Waals surface area (Å²) in [5.41, 5.74) is 8.89. The number of benzene rings is 1. The topological polar surface area (TPSA) is 53.7 Å². The second-order valence-corrected chi connectivity index (χ2v) is 3.85. The molecule has 1 aromatic carbocycles. The average molecular weight is 236 g/mol. The highest BCUT2D eigenvalue weighted by atomic mass is 19.2. The molecule has 0 saturated heterocycles. The third kappa shape index (κ3) is 2.21. The second-order valence-electron chi connectivity index (χ2n) is 3.85. The van der Waals surface area contributed by atoms with Crippen LogP contribution in [0.25, 0.3) is 21.3 Å². The molecule has 1 atom stereocenters. The number of azide groups is 1. The molecule has 0 aliphatic heterocycles. The van der Waals surface area contributed by atoms with Crippen molar-refractivity contribution in [2.75, 3.05) is 0 Å². The van der Waals surface area contributed by atoms with Crippen LogP contribution in [0.4, 0.5) is 8.78 Å². The molecule has 0 aliphatic carbocycles. The van der Waals surface area contributed by atoms with Gasteiger partial charge in [-0.3, -0.25) is 0 Å². The highest BCUT2D eigenvalue weighted by molar-refractivity contribution is 5.80. The largest absolute Gasteiger partial charge is 0.347 e. The summed E-state index contributed by atoms with van der Waals surface area (Å²) < 4.78 is 27.8. The van der Waals surface area contributed by atoms with Crippen LogP contribution < -0.4 is 0 Å². The number of hydrogen-bond donors (Lipinski definition) is 0. The van der Waals surface area contributed by atoms with Gasteiger partial charge in [-0.2, -0.15) is 0 Å². The Morgan fingerprint density at radius 3 is 2.82 bits per heavy atom. The van der Waals surface area contributed by atoms with Gasteiger partial charge in [-0.25, -0.2) is 8.78 Å². The van der Waals surface area contributed by atoms with Crippen molar-refractivity contribution in [2.45, 2.75) is 19.5 Å². The van der Waals surface area contributed by atoms with E-state index in [0.717, 1.165) is 12.1 Å². The molecule has 4 nitrogen and oxygen atoms in total. The van der Waals surface area contributed by atoms with Crippen LogP contribution in [0, 0.1) is 11.6 Å². The number of nitrogens with zero attached hydrogens (tertiary/aromatic N) is 4. The van der Waals surface area contributed by atoms with E-state index in [9.17, 15) is 8.78 Å². The highest BCUT2D eigenvalue weighted by Gasteiger charge is 2.09. The van der Waals surface area contributed by atoms with E-state index >= 15 is 0 Å². The first-order valence-corrected chi connectivity index (χ1v) is 5.10. The summed E-state index contributed by atoms with van der Waals surface area (Å²) in [6.07, 6.45) is 1.72. The fraction of sp³-hybridized carbons (Fsp3) is 0.273.